The molecule has 8 nitrogen and oxygen atoms in total. The number of hydrogen-bond donors (Lipinski definition) is 2. The first-order valence-electron chi connectivity index (χ1n) is 16.8. The average Bonchev–Trinajstić information content (AvgIpc) is 3.41. The number of nitrogens with one attached hydrogen (secondary N) is 2. The SMILES string of the molecule is CC(C)(C)OC(=O)N[C@H](Cc1ccc(Cl)cc1)C(=O)N1CCC(c2ccccc2NC(=O)OCC2c3ccccc3-c3ccccc32)CC1. The summed E-state index contributed by atoms with van der Waals surface area (Å²) in [6, 6.07) is 30.7. The molecule has 1 heterocycles. The normalized spacial score (nSPS) is 15.1. The van der Waals surface area contributed by atoms with E-state index < -0.39 is 23.8 Å². The number of alkyl carbamates (subject to hydrolysis) is 1. The van der Waals surface area contributed by atoms with Crippen LogP contribution in [0.15, 0.2) is 97.1 Å². The number of likely N-dealkylation sites (tertiary alicyclic amines) is 1. The monoisotopic (exact) mass is 679 g/mol. The highest BCUT2D eigenvalue weighted by molar-refractivity contribution is 6.30. The third-order valence-corrected chi connectivity index (χ3v) is 9.38. The zero-order chi connectivity index (χ0) is 34.5. The number of carbonyl (C=O) groups excluding carboxylic acids is 3. The number of nitrogens with zero attached hydrogens (tertiary/aromatic N) is 1. The summed E-state index contributed by atoms with van der Waals surface area (Å²) in [5.74, 6) is -0.0597. The fourth-order valence-corrected chi connectivity index (χ4v) is 6.97. The molecule has 1 saturated heterocycles. The van der Waals surface area contributed by atoms with Crippen molar-refractivity contribution in [2.45, 2.75) is 63.5 Å². The van der Waals surface area contributed by atoms with E-state index in [1.54, 1.807) is 37.8 Å². The molecule has 9 heteroatoms. The minimum atomic E-state index is -0.796. The average molecular weight is 680 g/mol. The van der Waals surface area contributed by atoms with E-state index in [0.29, 0.717) is 43.1 Å². The third-order valence-electron chi connectivity index (χ3n) is 9.13. The molecule has 2 N–H and O–H groups in total. The van der Waals surface area contributed by atoms with Crippen LogP contribution in [-0.4, -0.2) is 54.3 Å². The highest BCUT2D eigenvalue weighted by Crippen LogP contribution is 2.44. The van der Waals surface area contributed by atoms with Gasteiger partial charge in [-0.15, -0.1) is 0 Å². The zero-order valence-corrected chi connectivity index (χ0v) is 28.8. The topological polar surface area (TPSA) is 97.0 Å². The largest absolute Gasteiger partial charge is 0.448 e. The lowest BCUT2D eigenvalue weighted by molar-refractivity contribution is -0.134. The molecule has 0 radical (unpaired) electrons. The Morgan fingerprint density at radius 1 is 0.796 bits per heavy atom. The predicted molar refractivity (Wildman–Crippen MR) is 192 cm³/mol. The Kier molecular flexibility index (Phi) is 10.2. The summed E-state index contributed by atoms with van der Waals surface area (Å²) < 4.78 is 11.3. The van der Waals surface area contributed by atoms with E-state index in [4.69, 9.17) is 21.1 Å². The van der Waals surface area contributed by atoms with E-state index in [1.807, 2.05) is 60.7 Å². The predicted octanol–water partition coefficient (Wildman–Crippen LogP) is 8.54. The standard InChI is InChI=1S/C40H42ClN3O5/c1-40(2,3)49-39(47)43-36(24-26-16-18-28(41)19-17-26)37(45)44-22-20-27(21-23-44)29-10-8-9-15-35(29)42-38(46)48-25-34-32-13-6-4-11-30(32)31-12-5-7-14-33(31)34/h4-19,27,34,36H,20-25H2,1-3H3,(H,42,46)(H,43,47)/t36-/m1/s1. The molecule has 1 aliphatic carbocycles. The fraction of sp³-hybridized carbons (Fsp3) is 0.325. The second-order valence-electron chi connectivity index (χ2n) is 13.7. The van der Waals surface area contributed by atoms with Gasteiger partial charge in [0, 0.05) is 36.1 Å². The summed E-state index contributed by atoms with van der Waals surface area (Å²) in [6.07, 6.45) is 0.579. The van der Waals surface area contributed by atoms with E-state index in [1.165, 1.54) is 11.1 Å². The number of rotatable bonds is 8. The second-order valence-corrected chi connectivity index (χ2v) is 14.1. The number of piperidine rings is 1. The minimum Gasteiger partial charge on any atom is -0.448 e. The van der Waals surface area contributed by atoms with Crippen molar-refractivity contribution in [3.05, 3.63) is 124 Å². The molecule has 0 spiro atoms. The molecule has 4 aromatic rings. The zero-order valence-electron chi connectivity index (χ0n) is 28.1. The lowest BCUT2D eigenvalue weighted by Gasteiger charge is -2.35. The number of halogens is 1. The number of carbonyl (C=O) groups is 3. The van der Waals surface area contributed by atoms with Crippen molar-refractivity contribution in [2.75, 3.05) is 25.0 Å². The summed E-state index contributed by atoms with van der Waals surface area (Å²) in [4.78, 5) is 41.5. The molecule has 1 aliphatic heterocycles. The van der Waals surface area contributed by atoms with E-state index in [9.17, 15) is 14.4 Å². The van der Waals surface area contributed by atoms with Gasteiger partial charge in [0.15, 0.2) is 0 Å². The van der Waals surface area contributed by atoms with Crippen molar-refractivity contribution in [1.82, 2.24) is 10.2 Å². The number of benzene rings is 4. The molecule has 0 bridgehead atoms. The van der Waals surface area contributed by atoms with Crippen LogP contribution in [0.5, 0.6) is 0 Å². The van der Waals surface area contributed by atoms with Crippen LogP contribution >= 0.6 is 11.6 Å². The molecule has 254 valence electrons. The molecule has 49 heavy (non-hydrogen) atoms. The Balaban J connectivity index is 1.08. The van der Waals surface area contributed by atoms with Crippen LogP contribution < -0.4 is 10.6 Å². The van der Waals surface area contributed by atoms with Crippen molar-refractivity contribution in [3.63, 3.8) is 0 Å². The highest BCUT2D eigenvalue weighted by atomic mass is 35.5. The Bertz CT molecular complexity index is 1770. The van der Waals surface area contributed by atoms with Gasteiger partial charge in [-0.05, 0) is 91.1 Å². The maximum Gasteiger partial charge on any atom is 0.411 e. The number of amides is 3. The lowest BCUT2D eigenvalue weighted by atomic mass is 9.88. The highest BCUT2D eigenvalue weighted by Gasteiger charge is 2.33. The van der Waals surface area contributed by atoms with Gasteiger partial charge in [0.25, 0.3) is 0 Å². The van der Waals surface area contributed by atoms with Crippen molar-refractivity contribution >= 4 is 35.4 Å². The van der Waals surface area contributed by atoms with Gasteiger partial charge in [0.1, 0.15) is 18.2 Å². The molecular weight excluding hydrogens is 638 g/mol. The van der Waals surface area contributed by atoms with Gasteiger partial charge in [0.2, 0.25) is 5.91 Å². The Hall–Kier alpha value is -4.82. The summed E-state index contributed by atoms with van der Waals surface area (Å²) in [6.45, 7) is 6.61. The molecular formula is C40H42ClN3O5. The number of anilines is 1. The molecule has 2 aliphatic rings. The molecule has 6 rings (SSSR count). The molecule has 1 fully saturated rings. The van der Waals surface area contributed by atoms with E-state index in [0.717, 1.165) is 22.3 Å². The lowest BCUT2D eigenvalue weighted by Crippen LogP contribution is -2.52. The van der Waals surface area contributed by atoms with Crippen LogP contribution in [0.2, 0.25) is 5.02 Å². The van der Waals surface area contributed by atoms with Crippen LogP contribution in [0, 0.1) is 0 Å². The Morgan fingerprint density at radius 2 is 1.37 bits per heavy atom. The van der Waals surface area contributed by atoms with Gasteiger partial charge in [-0.2, -0.15) is 0 Å². The van der Waals surface area contributed by atoms with Crippen LogP contribution in [0.1, 0.15) is 67.7 Å². The van der Waals surface area contributed by atoms with E-state index >= 15 is 0 Å². The van der Waals surface area contributed by atoms with Crippen LogP contribution in [0.25, 0.3) is 11.1 Å². The van der Waals surface area contributed by atoms with Gasteiger partial charge >= 0.3 is 12.2 Å². The van der Waals surface area contributed by atoms with Crippen LogP contribution in [-0.2, 0) is 20.7 Å². The first-order chi connectivity index (χ1) is 23.6. The van der Waals surface area contributed by atoms with Gasteiger partial charge in [-0.1, -0.05) is 90.5 Å². The summed E-state index contributed by atoms with van der Waals surface area (Å²) in [7, 11) is 0. The van der Waals surface area contributed by atoms with Crippen LogP contribution in [0.4, 0.5) is 15.3 Å². The van der Waals surface area contributed by atoms with E-state index in [-0.39, 0.29) is 24.3 Å². The van der Waals surface area contributed by atoms with Crippen molar-refractivity contribution in [3.8, 4) is 11.1 Å². The van der Waals surface area contributed by atoms with Crippen LogP contribution in [0.3, 0.4) is 0 Å². The second kappa shape index (κ2) is 14.7. The first-order valence-corrected chi connectivity index (χ1v) is 17.2. The number of para-hydroxylation sites is 1. The number of fused-ring (bicyclic) bond motifs is 3. The maximum atomic E-state index is 13.8. The Labute approximate surface area is 292 Å². The van der Waals surface area contributed by atoms with Gasteiger partial charge in [0.05, 0.1) is 0 Å². The summed E-state index contributed by atoms with van der Waals surface area (Å²) in [5.41, 5.74) is 6.58. The van der Waals surface area contributed by atoms with Crippen molar-refractivity contribution in [2.24, 2.45) is 0 Å². The quantitative estimate of drug-likeness (QED) is 0.195. The third kappa shape index (κ3) is 8.26. The number of hydrogen-bond acceptors (Lipinski definition) is 5. The van der Waals surface area contributed by atoms with Gasteiger partial charge < -0.3 is 19.7 Å². The minimum absolute atomic E-state index is 0.0245. The van der Waals surface area contributed by atoms with Gasteiger partial charge in [-0.25, -0.2) is 9.59 Å². The number of ether oxygens (including phenoxy) is 2. The van der Waals surface area contributed by atoms with Gasteiger partial charge in [-0.3, -0.25) is 10.1 Å². The van der Waals surface area contributed by atoms with E-state index in [2.05, 4.69) is 34.9 Å². The molecule has 4 aromatic carbocycles. The maximum absolute atomic E-state index is 13.8. The Morgan fingerprint density at radius 3 is 1.98 bits per heavy atom. The van der Waals surface area contributed by atoms with Crippen molar-refractivity contribution < 1.29 is 23.9 Å². The fourth-order valence-electron chi connectivity index (χ4n) is 6.85. The molecule has 3 amide bonds. The molecule has 1 atom stereocenters. The molecule has 0 saturated carbocycles. The smallest absolute Gasteiger partial charge is 0.411 e. The molecule has 0 aromatic heterocycles. The first kappa shape index (κ1) is 34.1. The summed E-state index contributed by atoms with van der Waals surface area (Å²) in [5, 5.41) is 6.39. The summed E-state index contributed by atoms with van der Waals surface area (Å²) >= 11 is 6.07. The molecule has 0 unspecified atom stereocenters. The van der Waals surface area contributed by atoms with Crippen molar-refractivity contribution in [1.29, 1.82) is 0 Å².